The molecule has 1 aromatic carbocycles. The summed E-state index contributed by atoms with van der Waals surface area (Å²) in [5.41, 5.74) is 0.0582. The first-order valence-electron chi connectivity index (χ1n) is 4.75. The number of aryl methyl sites for hydroxylation is 1. The van der Waals surface area contributed by atoms with Crippen LogP contribution in [0, 0.1) is 17.5 Å². The minimum atomic E-state index is -1.21. The topological polar surface area (TPSA) is 26.3 Å². The molecular weight excluding hydrogens is 221 g/mol. The smallest absolute Gasteiger partial charge is 0.305 e. The molecule has 5 heteroatoms. The summed E-state index contributed by atoms with van der Waals surface area (Å²) in [5, 5.41) is 0. The molecule has 0 N–H and O–H groups in total. The lowest BCUT2D eigenvalue weighted by atomic mass is 10.1. The Balaban J connectivity index is 2.60. The van der Waals surface area contributed by atoms with E-state index in [0.29, 0.717) is 12.5 Å². The molecule has 0 heterocycles. The lowest BCUT2D eigenvalue weighted by Gasteiger charge is -2.03. The van der Waals surface area contributed by atoms with Crippen LogP contribution in [0.5, 0.6) is 0 Å². The van der Waals surface area contributed by atoms with E-state index in [1.807, 2.05) is 0 Å². The van der Waals surface area contributed by atoms with Crippen LogP contribution in [0.25, 0.3) is 0 Å². The molecule has 0 aliphatic heterocycles. The van der Waals surface area contributed by atoms with Gasteiger partial charge < -0.3 is 4.74 Å². The number of methoxy groups -OCH3 is 1. The molecule has 0 aliphatic carbocycles. The molecule has 16 heavy (non-hydrogen) atoms. The van der Waals surface area contributed by atoms with Gasteiger partial charge in [-0.3, -0.25) is 4.79 Å². The first kappa shape index (κ1) is 12.5. The molecule has 2 nitrogen and oxygen atoms in total. The van der Waals surface area contributed by atoms with E-state index in [1.54, 1.807) is 0 Å². The molecule has 0 fully saturated rings. The van der Waals surface area contributed by atoms with Gasteiger partial charge in [0.05, 0.1) is 7.11 Å². The Bertz CT molecular complexity index is 391. The Hall–Kier alpha value is -1.52. The number of benzene rings is 1. The highest BCUT2D eigenvalue weighted by Crippen LogP contribution is 2.15. The molecule has 0 aliphatic rings. The second-order valence-electron chi connectivity index (χ2n) is 3.29. The van der Waals surface area contributed by atoms with Crippen molar-refractivity contribution in [3.8, 4) is 0 Å². The van der Waals surface area contributed by atoms with Crippen molar-refractivity contribution in [2.45, 2.75) is 19.3 Å². The van der Waals surface area contributed by atoms with E-state index in [1.165, 1.54) is 7.11 Å². The van der Waals surface area contributed by atoms with Crippen LogP contribution in [0.2, 0.25) is 0 Å². The van der Waals surface area contributed by atoms with Crippen LogP contribution >= 0.6 is 0 Å². The lowest BCUT2D eigenvalue weighted by Crippen LogP contribution is -2.02. The third-order valence-corrected chi connectivity index (χ3v) is 2.14. The molecule has 0 atom stereocenters. The van der Waals surface area contributed by atoms with Crippen LogP contribution in [0.4, 0.5) is 13.2 Å². The van der Waals surface area contributed by atoms with Crippen molar-refractivity contribution in [2.24, 2.45) is 0 Å². The zero-order valence-corrected chi connectivity index (χ0v) is 8.73. The van der Waals surface area contributed by atoms with Gasteiger partial charge in [0.15, 0.2) is 11.6 Å². The molecule has 1 aromatic rings. The predicted octanol–water partition coefficient (Wildman–Crippen LogP) is 2.60. The lowest BCUT2D eigenvalue weighted by molar-refractivity contribution is -0.140. The van der Waals surface area contributed by atoms with E-state index in [-0.39, 0.29) is 18.4 Å². The number of ether oxygens (including phenoxy) is 1. The van der Waals surface area contributed by atoms with Crippen molar-refractivity contribution < 1.29 is 22.7 Å². The summed E-state index contributed by atoms with van der Waals surface area (Å²) in [7, 11) is 1.25. The standard InChI is InChI=1S/C11H11F3O2/c1-16-11(15)4-2-3-7-5-9(13)10(14)6-8(7)12/h5-6H,2-4H2,1H3. The quantitative estimate of drug-likeness (QED) is 0.589. The molecule has 0 bridgehead atoms. The van der Waals surface area contributed by atoms with E-state index in [4.69, 9.17) is 0 Å². The van der Waals surface area contributed by atoms with Crippen molar-refractivity contribution in [2.75, 3.05) is 7.11 Å². The number of halogens is 3. The Morgan fingerprint density at radius 2 is 1.81 bits per heavy atom. The maximum Gasteiger partial charge on any atom is 0.305 e. The van der Waals surface area contributed by atoms with Crippen LogP contribution in [0.15, 0.2) is 12.1 Å². The largest absolute Gasteiger partial charge is 0.469 e. The predicted molar refractivity (Wildman–Crippen MR) is 51.3 cm³/mol. The highest BCUT2D eigenvalue weighted by molar-refractivity contribution is 5.69. The molecule has 0 aromatic heterocycles. The Kier molecular flexibility index (Phi) is 4.34. The van der Waals surface area contributed by atoms with Gasteiger partial charge in [-0.25, -0.2) is 13.2 Å². The fraction of sp³-hybridized carbons (Fsp3) is 0.364. The minimum absolute atomic E-state index is 0.0582. The maximum atomic E-state index is 13.1. The molecule has 88 valence electrons. The summed E-state index contributed by atoms with van der Waals surface area (Å²) in [6.45, 7) is 0. The summed E-state index contributed by atoms with van der Waals surface area (Å²) in [6.07, 6.45) is 0.613. The molecular formula is C11H11F3O2. The van der Waals surface area contributed by atoms with Crippen LogP contribution < -0.4 is 0 Å². The van der Waals surface area contributed by atoms with Gasteiger partial charge in [-0.1, -0.05) is 0 Å². The zero-order valence-electron chi connectivity index (χ0n) is 8.73. The van der Waals surface area contributed by atoms with Gasteiger partial charge in [0, 0.05) is 12.5 Å². The van der Waals surface area contributed by atoms with Crippen LogP contribution in [-0.4, -0.2) is 13.1 Å². The molecule has 1 rings (SSSR count). The highest BCUT2D eigenvalue weighted by Gasteiger charge is 2.10. The highest BCUT2D eigenvalue weighted by atomic mass is 19.2. The van der Waals surface area contributed by atoms with E-state index in [9.17, 15) is 18.0 Å². The Labute approximate surface area is 91.0 Å². The van der Waals surface area contributed by atoms with E-state index in [0.717, 1.165) is 6.07 Å². The van der Waals surface area contributed by atoms with Gasteiger partial charge >= 0.3 is 5.97 Å². The normalized spacial score (nSPS) is 10.2. The summed E-state index contributed by atoms with van der Waals surface area (Å²) < 4.78 is 42.9. The first-order chi connectivity index (χ1) is 7.54. The fourth-order valence-corrected chi connectivity index (χ4v) is 1.28. The average molecular weight is 232 g/mol. The molecule has 0 amide bonds. The van der Waals surface area contributed by atoms with Gasteiger partial charge in [-0.05, 0) is 24.5 Å². The van der Waals surface area contributed by atoms with Crippen LogP contribution in [0.3, 0.4) is 0 Å². The van der Waals surface area contributed by atoms with Gasteiger partial charge in [0.25, 0.3) is 0 Å². The summed E-state index contributed by atoms with van der Waals surface area (Å²) in [4.78, 5) is 10.8. The third kappa shape index (κ3) is 3.25. The summed E-state index contributed by atoms with van der Waals surface area (Å²) in [5.74, 6) is -3.52. The number of carbonyl (C=O) groups excluding carboxylic acids is 1. The number of hydrogen-bond donors (Lipinski definition) is 0. The van der Waals surface area contributed by atoms with Crippen LogP contribution in [-0.2, 0) is 16.0 Å². The van der Waals surface area contributed by atoms with Crippen molar-refractivity contribution >= 4 is 5.97 Å². The first-order valence-corrected chi connectivity index (χ1v) is 4.75. The summed E-state index contributed by atoms with van der Waals surface area (Å²) >= 11 is 0. The molecule has 0 radical (unpaired) electrons. The average Bonchev–Trinajstić information content (AvgIpc) is 2.25. The molecule has 0 unspecified atom stereocenters. The number of carbonyl (C=O) groups is 1. The monoisotopic (exact) mass is 232 g/mol. The van der Waals surface area contributed by atoms with Crippen molar-refractivity contribution in [3.63, 3.8) is 0 Å². The molecule has 0 saturated carbocycles. The van der Waals surface area contributed by atoms with Gasteiger partial charge in [0.1, 0.15) is 5.82 Å². The SMILES string of the molecule is COC(=O)CCCc1cc(F)c(F)cc1F. The molecule has 0 spiro atoms. The van der Waals surface area contributed by atoms with E-state index < -0.39 is 23.4 Å². The van der Waals surface area contributed by atoms with Crippen molar-refractivity contribution in [1.82, 2.24) is 0 Å². The van der Waals surface area contributed by atoms with E-state index >= 15 is 0 Å². The zero-order chi connectivity index (χ0) is 12.1. The number of rotatable bonds is 4. The number of esters is 1. The third-order valence-electron chi connectivity index (χ3n) is 2.14. The minimum Gasteiger partial charge on any atom is -0.469 e. The maximum absolute atomic E-state index is 13.1. The van der Waals surface area contributed by atoms with Crippen molar-refractivity contribution in [3.05, 3.63) is 35.1 Å². The Morgan fingerprint density at radius 3 is 2.44 bits per heavy atom. The van der Waals surface area contributed by atoms with E-state index in [2.05, 4.69) is 4.74 Å². The molecule has 0 saturated heterocycles. The second-order valence-corrected chi connectivity index (χ2v) is 3.29. The Morgan fingerprint density at radius 1 is 1.19 bits per heavy atom. The van der Waals surface area contributed by atoms with Crippen molar-refractivity contribution in [1.29, 1.82) is 0 Å². The summed E-state index contributed by atoms with van der Waals surface area (Å²) in [6, 6.07) is 1.31. The number of hydrogen-bond acceptors (Lipinski definition) is 2. The fourth-order valence-electron chi connectivity index (χ4n) is 1.28. The van der Waals surface area contributed by atoms with Gasteiger partial charge in [0.2, 0.25) is 0 Å². The van der Waals surface area contributed by atoms with Gasteiger partial charge in [-0.15, -0.1) is 0 Å². The van der Waals surface area contributed by atoms with Crippen LogP contribution in [0.1, 0.15) is 18.4 Å². The van der Waals surface area contributed by atoms with Gasteiger partial charge in [-0.2, -0.15) is 0 Å². The second kappa shape index (κ2) is 5.53.